The third kappa shape index (κ3) is 5.18. The van der Waals surface area contributed by atoms with Crippen molar-refractivity contribution in [2.24, 2.45) is 5.41 Å². The van der Waals surface area contributed by atoms with E-state index in [-0.39, 0.29) is 27.5 Å². The number of pyridine rings is 1. The smallest absolute Gasteiger partial charge is 0.252 e. The van der Waals surface area contributed by atoms with Gasteiger partial charge in [0.15, 0.2) is 0 Å². The second kappa shape index (κ2) is 10.9. The first-order chi connectivity index (χ1) is 19.4. The van der Waals surface area contributed by atoms with E-state index in [0.717, 1.165) is 6.42 Å². The van der Waals surface area contributed by atoms with Crippen molar-refractivity contribution < 1.29 is 14.0 Å². The second-order valence-electron chi connectivity index (χ2n) is 12.0. The predicted molar refractivity (Wildman–Crippen MR) is 160 cm³/mol. The molecule has 0 bridgehead atoms. The van der Waals surface area contributed by atoms with Crippen LogP contribution in [0.5, 0.6) is 0 Å². The molecule has 2 aliphatic rings. The number of fused-ring (bicyclic) bond motifs is 2. The van der Waals surface area contributed by atoms with Crippen LogP contribution in [0.25, 0.3) is 0 Å². The molecule has 3 heterocycles. The lowest BCUT2D eigenvalue weighted by atomic mass is 9.62. The number of benzene rings is 2. The lowest BCUT2D eigenvalue weighted by molar-refractivity contribution is -0.122. The molecule has 0 saturated carbocycles. The summed E-state index contributed by atoms with van der Waals surface area (Å²) in [5.74, 6) is -2.50. The largest absolute Gasteiger partial charge is 0.325 e. The number of anilines is 2. The van der Waals surface area contributed by atoms with Crippen LogP contribution in [0, 0.1) is 11.2 Å². The molecule has 1 aromatic heterocycles. The molecule has 2 aliphatic heterocycles. The van der Waals surface area contributed by atoms with Crippen LogP contribution in [-0.4, -0.2) is 28.5 Å². The second-order valence-corrected chi connectivity index (χ2v) is 12.9. The highest BCUT2D eigenvalue weighted by Gasteiger charge is 2.66. The summed E-state index contributed by atoms with van der Waals surface area (Å²) in [6.45, 7) is 8.67. The van der Waals surface area contributed by atoms with Crippen LogP contribution >= 0.6 is 23.2 Å². The number of rotatable bonds is 6. The number of nitrogens with one attached hydrogen (secondary N) is 3. The Morgan fingerprint density at radius 3 is 2.56 bits per heavy atom. The maximum atomic E-state index is 15.9. The molecule has 4 atom stereocenters. The summed E-state index contributed by atoms with van der Waals surface area (Å²) in [6.07, 6.45) is 2.92. The topological polar surface area (TPSA) is 92.2 Å². The number of carbonyl (C=O) groups is 2. The number of halogens is 3. The van der Waals surface area contributed by atoms with E-state index in [2.05, 4.69) is 16.0 Å². The zero-order valence-electron chi connectivity index (χ0n) is 23.4. The van der Waals surface area contributed by atoms with E-state index in [1.807, 2.05) is 27.7 Å². The average molecular weight is 600 g/mol. The molecule has 216 valence electrons. The number of nitrogens with zero attached hydrogens (tertiary/aromatic N) is 1. The van der Waals surface area contributed by atoms with Gasteiger partial charge < -0.3 is 20.5 Å². The summed E-state index contributed by atoms with van der Waals surface area (Å²) in [7, 11) is 0. The van der Waals surface area contributed by atoms with E-state index in [1.165, 1.54) is 12.1 Å². The van der Waals surface area contributed by atoms with Gasteiger partial charge in [0.1, 0.15) is 11.2 Å². The van der Waals surface area contributed by atoms with Crippen molar-refractivity contribution >= 4 is 46.4 Å². The summed E-state index contributed by atoms with van der Waals surface area (Å²) in [6, 6.07) is 11.2. The Morgan fingerprint density at radius 2 is 1.88 bits per heavy atom. The summed E-state index contributed by atoms with van der Waals surface area (Å²) < 4.78 is 17.4. The van der Waals surface area contributed by atoms with Gasteiger partial charge in [0, 0.05) is 47.2 Å². The van der Waals surface area contributed by atoms with Gasteiger partial charge in [-0.05, 0) is 53.6 Å². The Hall–Kier alpha value is -3.20. The fourth-order valence-electron chi connectivity index (χ4n) is 6.38. The number of aryl methyl sites for hydroxylation is 1. The molecule has 4 unspecified atom stereocenters. The van der Waals surface area contributed by atoms with Crippen LogP contribution in [-0.2, 0) is 21.5 Å². The Labute approximate surface area is 248 Å². The SMILES string of the molecule is CCCn1ccc(NC(=O)C2NC(CC(C)(C)C)C3(C(=O)Nc4cc(Cl)ccc43)C2c2cccc(Cl)c2F)cc1=O. The van der Waals surface area contributed by atoms with Crippen LogP contribution < -0.4 is 21.5 Å². The average Bonchev–Trinajstić information content (AvgIpc) is 3.36. The standard InChI is InChI=1S/C31H33Cl2FN4O3/c1-5-12-38-13-11-18(15-24(38)39)35-28(40)27-25(19-7-6-8-21(33)26(19)34)31(23(37-27)16-30(2,3)4)20-10-9-17(32)14-22(20)36-29(31)41/h6-11,13-15,23,25,27,37H,5,12,16H2,1-4H3,(H,35,40)(H,36,41). The van der Waals surface area contributed by atoms with Crippen molar-refractivity contribution in [2.45, 2.75) is 70.5 Å². The number of amides is 2. The fourth-order valence-corrected chi connectivity index (χ4v) is 6.74. The van der Waals surface area contributed by atoms with Crippen molar-refractivity contribution in [1.82, 2.24) is 9.88 Å². The number of carbonyl (C=O) groups excluding carboxylic acids is 2. The minimum atomic E-state index is -1.36. The molecule has 2 amide bonds. The third-order valence-corrected chi connectivity index (χ3v) is 8.48. The zero-order chi connectivity index (χ0) is 29.7. The van der Waals surface area contributed by atoms with Gasteiger partial charge in [0.05, 0.1) is 11.1 Å². The number of hydrogen-bond donors (Lipinski definition) is 3. The van der Waals surface area contributed by atoms with E-state index in [9.17, 15) is 14.4 Å². The highest BCUT2D eigenvalue weighted by molar-refractivity contribution is 6.31. The molecule has 7 nitrogen and oxygen atoms in total. The number of aromatic nitrogens is 1. The lowest BCUT2D eigenvalue weighted by Crippen LogP contribution is -2.49. The molecule has 3 N–H and O–H groups in total. The minimum Gasteiger partial charge on any atom is -0.325 e. The maximum absolute atomic E-state index is 15.9. The van der Waals surface area contributed by atoms with Crippen LogP contribution in [0.4, 0.5) is 15.8 Å². The Morgan fingerprint density at radius 1 is 1.12 bits per heavy atom. The monoisotopic (exact) mass is 598 g/mol. The first kappa shape index (κ1) is 29.3. The van der Waals surface area contributed by atoms with Crippen molar-refractivity contribution in [1.29, 1.82) is 0 Å². The molecule has 2 aromatic carbocycles. The Kier molecular flexibility index (Phi) is 7.78. The zero-order valence-corrected chi connectivity index (χ0v) is 24.9. The van der Waals surface area contributed by atoms with E-state index in [1.54, 1.807) is 47.2 Å². The molecule has 1 spiro atoms. The van der Waals surface area contributed by atoms with Gasteiger partial charge >= 0.3 is 0 Å². The third-order valence-electron chi connectivity index (χ3n) is 7.95. The van der Waals surface area contributed by atoms with Gasteiger partial charge in [-0.1, -0.05) is 69.1 Å². The first-order valence-corrected chi connectivity index (χ1v) is 14.4. The van der Waals surface area contributed by atoms with Crippen LogP contribution in [0.1, 0.15) is 57.6 Å². The van der Waals surface area contributed by atoms with Crippen LogP contribution in [0.3, 0.4) is 0 Å². The molecular weight excluding hydrogens is 566 g/mol. The molecule has 1 saturated heterocycles. The molecule has 5 rings (SSSR count). The first-order valence-electron chi connectivity index (χ1n) is 13.7. The Bertz CT molecular complexity index is 1580. The summed E-state index contributed by atoms with van der Waals surface area (Å²) in [4.78, 5) is 40.8. The molecule has 41 heavy (non-hydrogen) atoms. The lowest BCUT2D eigenvalue weighted by Gasteiger charge is -2.37. The van der Waals surface area contributed by atoms with E-state index in [0.29, 0.717) is 34.9 Å². The van der Waals surface area contributed by atoms with Crippen molar-refractivity contribution in [3.8, 4) is 0 Å². The van der Waals surface area contributed by atoms with Gasteiger partial charge in [-0.25, -0.2) is 4.39 Å². The van der Waals surface area contributed by atoms with Gasteiger partial charge in [0.2, 0.25) is 11.8 Å². The maximum Gasteiger partial charge on any atom is 0.252 e. The van der Waals surface area contributed by atoms with Crippen molar-refractivity contribution in [3.63, 3.8) is 0 Å². The van der Waals surface area contributed by atoms with Gasteiger partial charge in [-0.15, -0.1) is 0 Å². The van der Waals surface area contributed by atoms with Gasteiger partial charge in [-0.2, -0.15) is 0 Å². The molecule has 0 radical (unpaired) electrons. The van der Waals surface area contributed by atoms with Crippen molar-refractivity contribution in [2.75, 3.05) is 10.6 Å². The summed E-state index contributed by atoms with van der Waals surface area (Å²) >= 11 is 12.5. The quantitative estimate of drug-likeness (QED) is 0.320. The Balaban J connectivity index is 1.68. The van der Waals surface area contributed by atoms with E-state index >= 15 is 4.39 Å². The predicted octanol–water partition coefficient (Wildman–Crippen LogP) is 6.09. The van der Waals surface area contributed by atoms with Crippen LogP contribution in [0.15, 0.2) is 59.5 Å². The number of hydrogen-bond acceptors (Lipinski definition) is 4. The van der Waals surface area contributed by atoms with E-state index < -0.39 is 35.1 Å². The fraction of sp³-hybridized carbons (Fsp3) is 0.387. The highest BCUT2D eigenvalue weighted by Crippen LogP contribution is 2.57. The molecular formula is C31H33Cl2FN4O3. The van der Waals surface area contributed by atoms with Crippen molar-refractivity contribution in [3.05, 3.63) is 92.1 Å². The summed E-state index contributed by atoms with van der Waals surface area (Å²) in [5.41, 5.74) is -0.234. The van der Waals surface area contributed by atoms with Crippen LogP contribution in [0.2, 0.25) is 10.0 Å². The minimum absolute atomic E-state index is 0.106. The van der Waals surface area contributed by atoms with Gasteiger partial charge in [0.25, 0.3) is 5.56 Å². The molecule has 1 fully saturated rings. The van der Waals surface area contributed by atoms with Gasteiger partial charge in [-0.3, -0.25) is 14.4 Å². The summed E-state index contributed by atoms with van der Waals surface area (Å²) in [5, 5.41) is 9.57. The molecule has 0 aliphatic carbocycles. The highest BCUT2D eigenvalue weighted by atomic mass is 35.5. The normalized spacial score (nSPS) is 23.5. The molecule has 10 heteroatoms. The molecule has 3 aromatic rings. The van der Waals surface area contributed by atoms with E-state index in [4.69, 9.17) is 23.2 Å².